The monoisotopic (exact) mass is 307 g/mol. The summed E-state index contributed by atoms with van der Waals surface area (Å²) in [6, 6.07) is 7.45. The van der Waals surface area contributed by atoms with E-state index < -0.39 is 5.97 Å². The van der Waals surface area contributed by atoms with Crippen molar-refractivity contribution >= 4 is 28.7 Å². The van der Waals surface area contributed by atoms with E-state index in [0.717, 1.165) is 23.9 Å². The molecule has 2 N–H and O–H groups in total. The maximum absolute atomic E-state index is 11.3. The van der Waals surface area contributed by atoms with Gasteiger partial charge in [0.25, 0.3) is 0 Å². The molecule has 5 heteroatoms. The van der Waals surface area contributed by atoms with Gasteiger partial charge in [-0.15, -0.1) is 0 Å². The maximum atomic E-state index is 11.3. The standard InChI is InChI=1S/C16H21NO3S/c1-21-10-6-2-5-9-17-11-13-12-7-3-4-8-14(12)20-15(13)16(18)19/h3-4,7-8,17H,2,5-6,9-11H2,1H3,(H,18,19). The highest BCUT2D eigenvalue weighted by Crippen LogP contribution is 2.25. The van der Waals surface area contributed by atoms with Crippen LogP contribution in [0.25, 0.3) is 11.0 Å². The van der Waals surface area contributed by atoms with Gasteiger partial charge in [0.15, 0.2) is 0 Å². The molecule has 2 rings (SSSR count). The Bertz CT molecular complexity index is 594. The Morgan fingerprint density at radius 1 is 1.29 bits per heavy atom. The minimum atomic E-state index is -1.01. The van der Waals surface area contributed by atoms with Gasteiger partial charge >= 0.3 is 5.97 Å². The van der Waals surface area contributed by atoms with Gasteiger partial charge in [0, 0.05) is 17.5 Å². The Balaban J connectivity index is 1.94. The van der Waals surface area contributed by atoms with Crippen molar-refractivity contribution in [1.82, 2.24) is 5.32 Å². The van der Waals surface area contributed by atoms with Crippen molar-refractivity contribution in [3.63, 3.8) is 0 Å². The number of benzene rings is 1. The van der Waals surface area contributed by atoms with Crippen molar-refractivity contribution in [1.29, 1.82) is 0 Å². The minimum Gasteiger partial charge on any atom is -0.475 e. The highest BCUT2D eigenvalue weighted by Gasteiger charge is 2.18. The maximum Gasteiger partial charge on any atom is 0.372 e. The molecule has 1 aromatic heterocycles. The molecule has 0 saturated carbocycles. The molecular weight excluding hydrogens is 286 g/mol. The van der Waals surface area contributed by atoms with Crippen molar-refractivity contribution in [2.45, 2.75) is 25.8 Å². The van der Waals surface area contributed by atoms with Gasteiger partial charge in [-0.2, -0.15) is 11.8 Å². The fourth-order valence-electron chi connectivity index (χ4n) is 2.33. The molecule has 0 aliphatic carbocycles. The summed E-state index contributed by atoms with van der Waals surface area (Å²) in [5.41, 5.74) is 1.37. The second-order valence-electron chi connectivity index (χ2n) is 4.94. The zero-order valence-corrected chi connectivity index (χ0v) is 13.0. The molecule has 0 radical (unpaired) electrons. The lowest BCUT2D eigenvalue weighted by molar-refractivity contribution is 0.0663. The molecule has 114 valence electrons. The van der Waals surface area contributed by atoms with Gasteiger partial charge in [-0.1, -0.05) is 24.6 Å². The van der Waals surface area contributed by atoms with Crippen LogP contribution in [0.5, 0.6) is 0 Å². The fraction of sp³-hybridized carbons (Fsp3) is 0.438. The average Bonchev–Trinajstić information content (AvgIpc) is 2.85. The largest absolute Gasteiger partial charge is 0.475 e. The number of hydrogen-bond acceptors (Lipinski definition) is 4. The summed E-state index contributed by atoms with van der Waals surface area (Å²) in [4.78, 5) is 11.3. The van der Waals surface area contributed by atoms with E-state index in [1.165, 1.54) is 18.6 Å². The van der Waals surface area contributed by atoms with Crippen LogP contribution in [0.4, 0.5) is 0 Å². The number of carbonyl (C=O) groups is 1. The van der Waals surface area contributed by atoms with Crippen molar-refractivity contribution in [2.75, 3.05) is 18.6 Å². The van der Waals surface area contributed by atoms with Gasteiger partial charge < -0.3 is 14.8 Å². The van der Waals surface area contributed by atoms with Crippen molar-refractivity contribution in [3.8, 4) is 0 Å². The van der Waals surface area contributed by atoms with Crippen LogP contribution >= 0.6 is 11.8 Å². The summed E-state index contributed by atoms with van der Waals surface area (Å²) in [7, 11) is 0. The third kappa shape index (κ3) is 4.25. The topological polar surface area (TPSA) is 62.5 Å². The van der Waals surface area contributed by atoms with E-state index >= 15 is 0 Å². The molecule has 21 heavy (non-hydrogen) atoms. The number of carboxylic acids is 1. The second kappa shape index (κ2) is 8.10. The van der Waals surface area contributed by atoms with Gasteiger partial charge in [0.1, 0.15) is 5.58 Å². The van der Waals surface area contributed by atoms with Gasteiger partial charge in [-0.3, -0.25) is 0 Å². The Hall–Kier alpha value is -1.46. The fourth-order valence-corrected chi connectivity index (χ4v) is 2.83. The van der Waals surface area contributed by atoms with Crippen LogP contribution in [0.3, 0.4) is 0 Å². The Morgan fingerprint density at radius 3 is 2.86 bits per heavy atom. The summed E-state index contributed by atoms with van der Waals surface area (Å²) in [5, 5.41) is 13.4. The lowest BCUT2D eigenvalue weighted by Gasteiger charge is -2.04. The Kier molecular flexibility index (Phi) is 6.14. The molecule has 0 fully saturated rings. The third-order valence-electron chi connectivity index (χ3n) is 3.40. The SMILES string of the molecule is CSCCCCCNCc1c(C(=O)O)oc2ccccc12. The lowest BCUT2D eigenvalue weighted by Crippen LogP contribution is -2.16. The van der Waals surface area contributed by atoms with E-state index in [0.29, 0.717) is 12.1 Å². The molecule has 0 atom stereocenters. The van der Waals surface area contributed by atoms with Gasteiger partial charge in [-0.05, 0) is 37.5 Å². The van der Waals surface area contributed by atoms with Gasteiger partial charge in [0.05, 0.1) is 0 Å². The van der Waals surface area contributed by atoms with E-state index in [9.17, 15) is 9.90 Å². The number of thioether (sulfide) groups is 1. The predicted molar refractivity (Wildman–Crippen MR) is 87.1 cm³/mol. The first-order chi connectivity index (χ1) is 10.2. The first-order valence-electron chi connectivity index (χ1n) is 7.17. The van der Waals surface area contributed by atoms with E-state index in [2.05, 4.69) is 11.6 Å². The van der Waals surface area contributed by atoms with Crippen LogP contribution in [0.2, 0.25) is 0 Å². The van der Waals surface area contributed by atoms with E-state index in [-0.39, 0.29) is 5.76 Å². The van der Waals surface area contributed by atoms with Crippen molar-refractivity contribution < 1.29 is 14.3 Å². The first-order valence-corrected chi connectivity index (χ1v) is 8.56. The molecule has 0 aliphatic rings. The quantitative estimate of drug-likeness (QED) is 0.691. The second-order valence-corrected chi connectivity index (χ2v) is 5.93. The predicted octanol–water partition coefficient (Wildman–Crippen LogP) is 3.75. The number of rotatable bonds is 9. The van der Waals surface area contributed by atoms with Crippen LogP contribution in [-0.2, 0) is 6.54 Å². The van der Waals surface area contributed by atoms with Crippen LogP contribution in [0, 0.1) is 0 Å². The molecule has 1 aromatic carbocycles. The van der Waals surface area contributed by atoms with E-state index in [1.807, 2.05) is 30.0 Å². The molecule has 4 nitrogen and oxygen atoms in total. The zero-order valence-electron chi connectivity index (χ0n) is 12.2. The van der Waals surface area contributed by atoms with Crippen LogP contribution in [-0.4, -0.2) is 29.6 Å². The number of furan rings is 1. The number of nitrogens with one attached hydrogen (secondary N) is 1. The molecule has 0 saturated heterocycles. The minimum absolute atomic E-state index is 0.0473. The highest BCUT2D eigenvalue weighted by molar-refractivity contribution is 7.98. The van der Waals surface area contributed by atoms with Crippen molar-refractivity contribution in [3.05, 3.63) is 35.6 Å². The number of carboxylic acid groups (broad SMARTS) is 1. The number of para-hydroxylation sites is 1. The zero-order chi connectivity index (χ0) is 15.1. The Morgan fingerprint density at radius 2 is 2.10 bits per heavy atom. The molecule has 0 amide bonds. The van der Waals surface area contributed by atoms with E-state index in [4.69, 9.17) is 4.42 Å². The van der Waals surface area contributed by atoms with Crippen LogP contribution < -0.4 is 5.32 Å². The molecular formula is C16H21NO3S. The summed E-state index contributed by atoms with van der Waals surface area (Å²) in [6.07, 6.45) is 5.66. The normalized spacial score (nSPS) is 11.1. The number of hydrogen-bond donors (Lipinski definition) is 2. The number of unbranched alkanes of at least 4 members (excludes halogenated alkanes) is 2. The number of fused-ring (bicyclic) bond motifs is 1. The first kappa shape index (κ1) is 15.9. The van der Waals surface area contributed by atoms with Crippen molar-refractivity contribution in [2.24, 2.45) is 0 Å². The van der Waals surface area contributed by atoms with Crippen LogP contribution in [0.1, 0.15) is 35.4 Å². The molecule has 0 aliphatic heterocycles. The number of aromatic carboxylic acids is 1. The van der Waals surface area contributed by atoms with Crippen LogP contribution in [0.15, 0.2) is 28.7 Å². The molecule has 0 unspecified atom stereocenters. The van der Waals surface area contributed by atoms with Gasteiger partial charge in [-0.25, -0.2) is 4.79 Å². The molecule has 0 bridgehead atoms. The third-order valence-corrected chi connectivity index (χ3v) is 4.09. The van der Waals surface area contributed by atoms with Gasteiger partial charge in [0.2, 0.25) is 5.76 Å². The lowest BCUT2D eigenvalue weighted by atomic mass is 10.1. The molecule has 2 aromatic rings. The Labute approximate surface area is 128 Å². The summed E-state index contributed by atoms with van der Waals surface area (Å²) >= 11 is 1.87. The summed E-state index contributed by atoms with van der Waals surface area (Å²) in [5.74, 6) is 0.240. The summed E-state index contributed by atoms with van der Waals surface area (Å²) < 4.78 is 5.43. The highest BCUT2D eigenvalue weighted by atomic mass is 32.2. The molecule has 1 heterocycles. The summed E-state index contributed by atoms with van der Waals surface area (Å²) in [6.45, 7) is 1.42. The van der Waals surface area contributed by atoms with E-state index in [1.54, 1.807) is 6.07 Å². The smallest absolute Gasteiger partial charge is 0.372 e. The molecule has 0 spiro atoms. The average molecular weight is 307 g/mol.